The van der Waals surface area contributed by atoms with Crippen molar-refractivity contribution in [3.05, 3.63) is 35.6 Å². The van der Waals surface area contributed by atoms with Crippen LogP contribution in [0.4, 0.5) is 4.39 Å². The number of nitrogens with one attached hydrogen (secondary N) is 1. The third kappa shape index (κ3) is 3.77. The summed E-state index contributed by atoms with van der Waals surface area (Å²) >= 11 is 0. The van der Waals surface area contributed by atoms with Crippen LogP contribution in [-0.4, -0.2) is 56.1 Å². The normalized spacial score (nSPS) is 22.3. The second-order valence-corrected chi connectivity index (χ2v) is 5.16. The van der Waals surface area contributed by atoms with Crippen LogP contribution in [0.3, 0.4) is 0 Å². The molecule has 0 amide bonds. The lowest BCUT2D eigenvalue weighted by atomic mass is 10.1. The predicted octanol–water partition coefficient (Wildman–Crippen LogP) is 1.16. The Morgan fingerprint density at radius 1 is 1.33 bits per heavy atom. The average molecular weight is 251 g/mol. The summed E-state index contributed by atoms with van der Waals surface area (Å²) in [5, 5.41) is 3.41. The van der Waals surface area contributed by atoms with E-state index in [9.17, 15) is 4.39 Å². The molecule has 4 heteroatoms. The molecular formula is C14H22FN3. The monoisotopic (exact) mass is 251 g/mol. The summed E-state index contributed by atoms with van der Waals surface area (Å²) in [4.78, 5) is 4.74. The van der Waals surface area contributed by atoms with Gasteiger partial charge in [-0.15, -0.1) is 0 Å². The van der Waals surface area contributed by atoms with Crippen LogP contribution in [0.25, 0.3) is 0 Å². The fourth-order valence-electron chi connectivity index (χ4n) is 2.35. The van der Waals surface area contributed by atoms with Crippen molar-refractivity contribution in [3.63, 3.8) is 0 Å². The number of likely N-dealkylation sites (N-methyl/N-ethyl adjacent to an activating group) is 2. The Balaban J connectivity index is 1.77. The molecule has 0 bridgehead atoms. The van der Waals surface area contributed by atoms with Crippen molar-refractivity contribution in [2.75, 3.05) is 40.3 Å². The van der Waals surface area contributed by atoms with Crippen LogP contribution >= 0.6 is 0 Å². The maximum absolute atomic E-state index is 13.0. The number of benzene rings is 1. The Bertz CT molecular complexity index is 383. The molecule has 0 radical (unpaired) electrons. The number of piperazine rings is 1. The zero-order chi connectivity index (χ0) is 13.0. The first-order valence-corrected chi connectivity index (χ1v) is 6.49. The summed E-state index contributed by atoms with van der Waals surface area (Å²) in [6.45, 7) is 5.01. The van der Waals surface area contributed by atoms with Crippen LogP contribution in [0.15, 0.2) is 24.3 Å². The fraction of sp³-hybridized carbons (Fsp3) is 0.571. The molecule has 1 fully saturated rings. The third-order valence-electron chi connectivity index (χ3n) is 3.58. The van der Waals surface area contributed by atoms with Crippen LogP contribution in [0, 0.1) is 5.82 Å². The predicted molar refractivity (Wildman–Crippen MR) is 72.0 cm³/mol. The average Bonchev–Trinajstić information content (AvgIpc) is 2.34. The van der Waals surface area contributed by atoms with Crippen molar-refractivity contribution < 1.29 is 4.39 Å². The molecule has 0 aliphatic carbocycles. The molecule has 18 heavy (non-hydrogen) atoms. The fourth-order valence-corrected chi connectivity index (χ4v) is 2.35. The van der Waals surface area contributed by atoms with Gasteiger partial charge in [0, 0.05) is 38.8 Å². The number of halogens is 1. The van der Waals surface area contributed by atoms with Gasteiger partial charge in [-0.2, -0.15) is 0 Å². The molecule has 1 aromatic rings. The zero-order valence-electron chi connectivity index (χ0n) is 11.2. The maximum atomic E-state index is 13.0. The van der Waals surface area contributed by atoms with Crippen LogP contribution in [0.2, 0.25) is 0 Å². The summed E-state index contributed by atoms with van der Waals surface area (Å²) in [6.07, 6.45) is 0. The molecule has 100 valence electrons. The van der Waals surface area contributed by atoms with Gasteiger partial charge in [0.2, 0.25) is 0 Å². The van der Waals surface area contributed by atoms with E-state index in [1.54, 1.807) is 12.1 Å². The minimum atomic E-state index is -0.163. The van der Waals surface area contributed by atoms with Gasteiger partial charge in [0.1, 0.15) is 5.82 Å². The molecule has 1 heterocycles. The van der Waals surface area contributed by atoms with E-state index in [-0.39, 0.29) is 5.82 Å². The topological polar surface area (TPSA) is 18.5 Å². The van der Waals surface area contributed by atoms with Gasteiger partial charge in [-0.05, 0) is 31.8 Å². The molecular weight excluding hydrogens is 229 g/mol. The van der Waals surface area contributed by atoms with Gasteiger partial charge < -0.3 is 10.2 Å². The highest BCUT2D eigenvalue weighted by atomic mass is 19.1. The number of rotatable bonds is 4. The minimum Gasteiger partial charge on any atom is -0.311 e. The molecule has 1 aliphatic heterocycles. The molecule has 1 atom stereocenters. The quantitative estimate of drug-likeness (QED) is 0.866. The number of hydrogen-bond acceptors (Lipinski definition) is 3. The summed E-state index contributed by atoms with van der Waals surface area (Å²) < 4.78 is 13.0. The zero-order valence-corrected chi connectivity index (χ0v) is 11.2. The second kappa shape index (κ2) is 6.27. The van der Waals surface area contributed by atoms with Gasteiger partial charge >= 0.3 is 0 Å². The number of hydrogen-bond donors (Lipinski definition) is 1. The Morgan fingerprint density at radius 3 is 2.94 bits per heavy atom. The van der Waals surface area contributed by atoms with Gasteiger partial charge in [0.25, 0.3) is 0 Å². The summed E-state index contributed by atoms with van der Waals surface area (Å²) in [7, 11) is 4.33. The molecule has 2 rings (SSSR count). The highest BCUT2D eigenvalue weighted by Crippen LogP contribution is 2.06. The van der Waals surface area contributed by atoms with Gasteiger partial charge in [-0.25, -0.2) is 4.39 Å². The Kier molecular flexibility index (Phi) is 4.69. The molecule has 1 aliphatic rings. The van der Waals surface area contributed by atoms with Crippen LogP contribution < -0.4 is 5.32 Å². The van der Waals surface area contributed by atoms with Gasteiger partial charge in [-0.1, -0.05) is 12.1 Å². The van der Waals surface area contributed by atoms with E-state index in [1.165, 1.54) is 6.07 Å². The molecule has 0 saturated carbocycles. The molecule has 1 N–H and O–H groups in total. The molecule has 1 aromatic carbocycles. The lowest BCUT2D eigenvalue weighted by molar-refractivity contribution is 0.113. The van der Waals surface area contributed by atoms with E-state index in [1.807, 2.05) is 6.07 Å². The van der Waals surface area contributed by atoms with Gasteiger partial charge in [0.05, 0.1) is 0 Å². The van der Waals surface area contributed by atoms with Crippen LogP contribution in [0.5, 0.6) is 0 Å². The van der Waals surface area contributed by atoms with E-state index in [0.29, 0.717) is 6.04 Å². The standard InChI is InChI=1S/C14H22FN3/c1-17-6-7-18(2)14(11-17)10-16-9-12-4-3-5-13(15)8-12/h3-5,8,14,16H,6-7,9-11H2,1-2H3. The maximum Gasteiger partial charge on any atom is 0.123 e. The van der Waals surface area contributed by atoms with Crippen molar-refractivity contribution >= 4 is 0 Å². The van der Waals surface area contributed by atoms with E-state index in [2.05, 4.69) is 29.2 Å². The minimum absolute atomic E-state index is 0.163. The Morgan fingerprint density at radius 2 is 2.17 bits per heavy atom. The Labute approximate surface area is 109 Å². The SMILES string of the molecule is CN1CCN(C)C(CNCc2cccc(F)c2)C1. The summed E-state index contributed by atoms with van der Waals surface area (Å²) in [5.41, 5.74) is 1.00. The van der Waals surface area contributed by atoms with E-state index in [0.717, 1.165) is 38.3 Å². The van der Waals surface area contributed by atoms with E-state index >= 15 is 0 Å². The van der Waals surface area contributed by atoms with E-state index in [4.69, 9.17) is 0 Å². The Hall–Kier alpha value is -0.970. The van der Waals surface area contributed by atoms with Crippen molar-refractivity contribution in [2.45, 2.75) is 12.6 Å². The van der Waals surface area contributed by atoms with E-state index < -0.39 is 0 Å². The van der Waals surface area contributed by atoms with Gasteiger partial charge in [-0.3, -0.25) is 4.90 Å². The van der Waals surface area contributed by atoms with Crippen molar-refractivity contribution in [1.29, 1.82) is 0 Å². The third-order valence-corrected chi connectivity index (χ3v) is 3.58. The summed E-state index contributed by atoms with van der Waals surface area (Å²) in [5.74, 6) is -0.163. The van der Waals surface area contributed by atoms with Crippen molar-refractivity contribution in [3.8, 4) is 0 Å². The number of nitrogens with zero attached hydrogens (tertiary/aromatic N) is 2. The summed E-state index contributed by atoms with van der Waals surface area (Å²) in [6, 6.07) is 7.31. The largest absolute Gasteiger partial charge is 0.311 e. The lowest BCUT2D eigenvalue weighted by Crippen LogP contribution is -2.53. The first-order valence-electron chi connectivity index (χ1n) is 6.49. The van der Waals surface area contributed by atoms with Crippen molar-refractivity contribution in [1.82, 2.24) is 15.1 Å². The smallest absolute Gasteiger partial charge is 0.123 e. The van der Waals surface area contributed by atoms with Gasteiger partial charge in [0.15, 0.2) is 0 Å². The molecule has 3 nitrogen and oxygen atoms in total. The van der Waals surface area contributed by atoms with Crippen LogP contribution in [0.1, 0.15) is 5.56 Å². The molecule has 1 unspecified atom stereocenters. The lowest BCUT2D eigenvalue weighted by Gasteiger charge is -2.37. The second-order valence-electron chi connectivity index (χ2n) is 5.16. The first-order chi connectivity index (χ1) is 8.65. The van der Waals surface area contributed by atoms with Crippen LogP contribution in [-0.2, 0) is 6.54 Å². The highest BCUT2D eigenvalue weighted by molar-refractivity contribution is 5.15. The molecule has 0 spiro atoms. The molecule has 1 saturated heterocycles. The highest BCUT2D eigenvalue weighted by Gasteiger charge is 2.21. The first kappa shape index (κ1) is 13.5. The van der Waals surface area contributed by atoms with Crippen molar-refractivity contribution in [2.24, 2.45) is 0 Å². The molecule has 0 aromatic heterocycles.